The number of rotatable bonds is 4. The zero-order valence-corrected chi connectivity index (χ0v) is 10.0. The summed E-state index contributed by atoms with van der Waals surface area (Å²) in [5.74, 6) is -0.844. The van der Waals surface area contributed by atoms with Crippen molar-refractivity contribution >= 4 is 15.7 Å². The standard InChI is InChI=1S/C10H11FN4O2S/c11-9-2-1-8(12)3-10(9)18(16,17)15-6-7-4-13-14-5-7/h1-5,15H,6,12H2,(H,13,14). The van der Waals surface area contributed by atoms with E-state index in [1.165, 1.54) is 18.5 Å². The van der Waals surface area contributed by atoms with Gasteiger partial charge in [0.2, 0.25) is 10.0 Å². The van der Waals surface area contributed by atoms with Crippen LogP contribution >= 0.6 is 0 Å². The van der Waals surface area contributed by atoms with Gasteiger partial charge in [0.1, 0.15) is 10.7 Å². The number of aromatic nitrogens is 2. The highest BCUT2D eigenvalue weighted by Crippen LogP contribution is 2.17. The summed E-state index contributed by atoms with van der Waals surface area (Å²) in [4.78, 5) is -0.467. The molecule has 0 spiro atoms. The number of hydrogen-bond acceptors (Lipinski definition) is 4. The van der Waals surface area contributed by atoms with Gasteiger partial charge in [0, 0.05) is 24.0 Å². The molecule has 6 nitrogen and oxygen atoms in total. The molecule has 96 valence electrons. The van der Waals surface area contributed by atoms with Crippen molar-refractivity contribution in [2.45, 2.75) is 11.4 Å². The second-order valence-electron chi connectivity index (χ2n) is 3.62. The number of halogens is 1. The van der Waals surface area contributed by atoms with Crippen molar-refractivity contribution in [3.63, 3.8) is 0 Å². The maximum Gasteiger partial charge on any atom is 0.243 e. The minimum atomic E-state index is -3.94. The number of aromatic amines is 1. The van der Waals surface area contributed by atoms with Crippen LogP contribution in [0.2, 0.25) is 0 Å². The molecular weight excluding hydrogens is 259 g/mol. The highest BCUT2D eigenvalue weighted by molar-refractivity contribution is 7.89. The van der Waals surface area contributed by atoms with Gasteiger partial charge in [0.25, 0.3) is 0 Å². The Morgan fingerprint density at radius 3 is 2.89 bits per heavy atom. The Morgan fingerprint density at radius 2 is 2.22 bits per heavy atom. The largest absolute Gasteiger partial charge is 0.399 e. The van der Waals surface area contributed by atoms with E-state index >= 15 is 0 Å². The van der Waals surface area contributed by atoms with Gasteiger partial charge in [-0.1, -0.05) is 0 Å². The van der Waals surface area contributed by atoms with Gasteiger partial charge in [0.15, 0.2) is 0 Å². The lowest BCUT2D eigenvalue weighted by Gasteiger charge is -2.07. The van der Waals surface area contributed by atoms with Crippen molar-refractivity contribution in [1.29, 1.82) is 0 Å². The fraction of sp³-hybridized carbons (Fsp3) is 0.100. The van der Waals surface area contributed by atoms with Crippen LogP contribution in [0.1, 0.15) is 5.56 Å². The summed E-state index contributed by atoms with van der Waals surface area (Å²) < 4.78 is 39.4. The predicted molar refractivity (Wildman–Crippen MR) is 63.4 cm³/mol. The first kappa shape index (κ1) is 12.5. The minimum absolute atomic E-state index is 0.0209. The van der Waals surface area contributed by atoms with Crippen molar-refractivity contribution in [1.82, 2.24) is 14.9 Å². The Balaban J connectivity index is 2.22. The number of nitrogens with one attached hydrogen (secondary N) is 2. The molecule has 0 aliphatic carbocycles. The molecule has 8 heteroatoms. The van der Waals surface area contributed by atoms with Gasteiger partial charge in [-0.3, -0.25) is 5.10 Å². The molecule has 0 aliphatic heterocycles. The van der Waals surface area contributed by atoms with Crippen LogP contribution in [0.5, 0.6) is 0 Å². The Bertz CT molecular complexity index is 640. The summed E-state index contributed by atoms with van der Waals surface area (Å²) >= 11 is 0. The van der Waals surface area contributed by atoms with E-state index in [4.69, 9.17) is 5.73 Å². The molecule has 0 atom stereocenters. The third-order valence-corrected chi connectivity index (χ3v) is 3.68. The maximum absolute atomic E-state index is 13.4. The Kier molecular flexibility index (Phi) is 3.30. The third kappa shape index (κ3) is 2.66. The van der Waals surface area contributed by atoms with Crippen LogP contribution in [-0.2, 0) is 16.6 Å². The molecule has 2 rings (SSSR count). The molecule has 0 aliphatic rings. The molecule has 0 fully saturated rings. The van der Waals surface area contributed by atoms with Gasteiger partial charge in [-0.05, 0) is 18.2 Å². The Labute approximate surface area is 103 Å². The van der Waals surface area contributed by atoms with Crippen LogP contribution in [0.4, 0.5) is 10.1 Å². The van der Waals surface area contributed by atoms with Crippen molar-refractivity contribution in [2.75, 3.05) is 5.73 Å². The van der Waals surface area contributed by atoms with Crippen molar-refractivity contribution in [3.8, 4) is 0 Å². The molecule has 2 aromatic rings. The lowest BCUT2D eigenvalue weighted by atomic mass is 10.3. The zero-order valence-electron chi connectivity index (χ0n) is 9.22. The summed E-state index contributed by atoms with van der Waals surface area (Å²) in [6, 6.07) is 3.39. The zero-order chi connectivity index (χ0) is 13.2. The fourth-order valence-corrected chi connectivity index (χ4v) is 2.48. The summed E-state index contributed by atoms with van der Waals surface area (Å²) in [5.41, 5.74) is 6.26. The summed E-state index contributed by atoms with van der Waals surface area (Å²) in [6.07, 6.45) is 3.01. The molecule has 1 heterocycles. The molecule has 0 saturated heterocycles. The van der Waals surface area contributed by atoms with E-state index in [2.05, 4.69) is 14.9 Å². The van der Waals surface area contributed by atoms with Crippen LogP contribution in [0.3, 0.4) is 0 Å². The first-order chi connectivity index (χ1) is 8.49. The van der Waals surface area contributed by atoms with Crippen LogP contribution in [0.15, 0.2) is 35.5 Å². The molecule has 0 radical (unpaired) electrons. The molecule has 1 aromatic carbocycles. The van der Waals surface area contributed by atoms with E-state index in [9.17, 15) is 12.8 Å². The van der Waals surface area contributed by atoms with Crippen LogP contribution < -0.4 is 10.5 Å². The fourth-order valence-electron chi connectivity index (χ4n) is 1.36. The van der Waals surface area contributed by atoms with Crippen molar-refractivity contribution in [3.05, 3.63) is 42.0 Å². The molecule has 0 amide bonds. The van der Waals surface area contributed by atoms with E-state index in [-0.39, 0.29) is 12.2 Å². The van der Waals surface area contributed by atoms with Gasteiger partial charge in [0.05, 0.1) is 6.20 Å². The van der Waals surface area contributed by atoms with Gasteiger partial charge >= 0.3 is 0 Å². The van der Waals surface area contributed by atoms with Gasteiger partial charge < -0.3 is 5.73 Å². The maximum atomic E-state index is 13.4. The van der Waals surface area contributed by atoms with Gasteiger partial charge in [-0.25, -0.2) is 17.5 Å². The highest BCUT2D eigenvalue weighted by atomic mass is 32.2. The van der Waals surface area contributed by atoms with E-state index < -0.39 is 20.7 Å². The summed E-state index contributed by atoms with van der Waals surface area (Å²) in [6.45, 7) is 0.0209. The molecule has 4 N–H and O–H groups in total. The van der Waals surface area contributed by atoms with E-state index in [1.54, 1.807) is 0 Å². The van der Waals surface area contributed by atoms with Crippen LogP contribution in [-0.4, -0.2) is 18.6 Å². The van der Waals surface area contributed by atoms with E-state index in [1.807, 2.05) is 0 Å². The average Bonchev–Trinajstić information content (AvgIpc) is 2.83. The first-order valence-electron chi connectivity index (χ1n) is 5.01. The van der Waals surface area contributed by atoms with E-state index in [0.29, 0.717) is 5.56 Å². The molecule has 0 bridgehead atoms. The van der Waals surface area contributed by atoms with E-state index in [0.717, 1.165) is 12.1 Å². The quantitative estimate of drug-likeness (QED) is 0.708. The minimum Gasteiger partial charge on any atom is -0.399 e. The SMILES string of the molecule is Nc1ccc(F)c(S(=O)(=O)NCc2cn[nH]c2)c1. The highest BCUT2D eigenvalue weighted by Gasteiger charge is 2.19. The number of benzene rings is 1. The summed E-state index contributed by atoms with van der Waals surface area (Å²) in [7, 11) is -3.94. The lowest BCUT2D eigenvalue weighted by Crippen LogP contribution is -2.24. The third-order valence-electron chi connectivity index (χ3n) is 2.27. The van der Waals surface area contributed by atoms with Crippen molar-refractivity contribution < 1.29 is 12.8 Å². The molecule has 18 heavy (non-hydrogen) atoms. The normalized spacial score (nSPS) is 11.6. The second-order valence-corrected chi connectivity index (χ2v) is 5.36. The average molecular weight is 270 g/mol. The van der Waals surface area contributed by atoms with Crippen LogP contribution in [0, 0.1) is 5.82 Å². The summed E-state index contributed by atoms with van der Waals surface area (Å²) in [5, 5.41) is 6.22. The molecule has 1 aromatic heterocycles. The monoisotopic (exact) mass is 270 g/mol. The topological polar surface area (TPSA) is 101 Å². The second kappa shape index (κ2) is 4.75. The Morgan fingerprint density at radius 1 is 1.44 bits per heavy atom. The number of nitrogens with two attached hydrogens (primary N) is 1. The number of H-pyrrole nitrogens is 1. The number of nitrogens with zero attached hydrogens (tertiary/aromatic N) is 1. The molecule has 0 unspecified atom stereocenters. The van der Waals surface area contributed by atoms with Crippen LogP contribution in [0.25, 0.3) is 0 Å². The number of anilines is 1. The van der Waals surface area contributed by atoms with Gasteiger partial charge in [-0.15, -0.1) is 0 Å². The number of hydrogen-bond donors (Lipinski definition) is 3. The lowest BCUT2D eigenvalue weighted by molar-refractivity contribution is 0.557. The van der Waals surface area contributed by atoms with Gasteiger partial charge in [-0.2, -0.15) is 5.10 Å². The number of nitrogen functional groups attached to an aromatic ring is 1. The smallest absolute Gasteiger partial charge is 0.243 e. The first-order valence-corrected chi connectivity index (χ1v) is 6.50. The van der Waals surface area contributed by atoms with Crippen molar-refractivity contribution in [2.24, 2.45) is 0 Å². The molecule has 0 saturated carbocycles. The molecular formula is C10H11FN4O2S. The number of sulfonamides is 1. The predicted octanol–water partition coefficient (Wildman–Crippen LogP) is 0.609. The Hall–Kier alpha value is -1.93.